The summed E-state index contributed by atoms with van der Waals surface area (Å²) in [6, 6.07) is 14.1. The van der Waals surface area contributed by atoms with Crippen LogP contribution in [-0.2, 0) is 0 Å². The van der Waals surface area contributed by atoms with Gasteiger partial charge in [-0.25, -0.2) is 0 Å². The molecule has 0 aliphatic heterocycles. The fourth-order valence-electron chi connectivity index (χ4n) is 2.55. The van der Waals surface area contributed by atoms with E-state index in [1.54, 1.807) is 36.4 Å². The summed E-state index contributed by atoms with van der Waals surface area (Å²) in [6.45, 7) is 2.43. The molecule has 1 aromatic heterocycles. The number of fused-ring (bicyclic) bond motifs is 2. The molecule has 0 aliphatic rings. The lowest BCUT2D eigenvalue weighted by Gasteiger charge is -2.08. The fraction of sp³-hybridized carbons (Fsp3) is 0.105. The van der Waals surface area contributed by atoms with Crippen LogP contribution in [-0.4, -0.2) is 11.6 Å². The van der Waals surface area contributed by atoms with Crippen molar-refractivity contribution in [3.8, 4) is 17.9 Å². The Morgan fingerprint density at radius 2 is 1.96 bits per heavy atom. The Labute approximate surface area is 143 Å². The summed E-state index contributed by atoms with van der Waals surface area (Å²) >= 11 is 0. The van der Waals surface area contributed by atoms with Gasteiger partial charge in [-0.1, -0.05) is 0 Å². The van der Waals surface area contributed by atoms with Crippen molar-refractivity contribution in [3.63, 3.8) is 0 Å². The topological polar surface area (TPSA) is 102 Å². The van der Waals surface area contributed by atoms with Crippen LogP contribution in [0.2, 0.25) is 0 Å². The number of ether oxygens (including phenoxy) is 1. The first-order valence-electron chi connectivity index (χ1n) is 7.65. The number of nitrogens with one attached hydrogen (secondary N) is 2. The maximum atomic E-state index is 12.7. The summed E-state index contributed by atoms with van der Waals surface area (Å²) in [5, 5.41) is 21.5. The number of hydrogen-bond acceptors (Lipinski definition) is 5. The van der Waals surface area contributed by atoms with Crippen LogP contribution in [0.3, 0.4) is 0 Å². The second kappa shape index (κ2) is 6.77. The molecule has 0 saturated carbocycles. The van der Waals surface area contributed by atoms with E-state index in [9.17, 15) is 4.79 Å². The van der Waals surface area contributed by atoms with Crippen LogP contribution in [0.25, 0.3) is 21.8 Å². The molecule has 2 aromatic carbocycles. The zero-order valence-corrected chi connectivity index (χ0v) is 13.5. The van der Waals surface area contributed by atoms with E-state index in [0.29, 0.717) is 39.8 Å². The van der Waals surface area contributed by atoms with Gasteiger partial charge in [-0.3, -0.25) is 4.79 Å². The molecule has 0 fully saturated rings. The predicted molar refractivity (Wildman–Crippen MR) is 96.2 cm³/mol. The van der Waals surface area contributed by atoms with Gasteiger partial charge >= 0.3 is 0 Å². The summed E-state index contributed by atoms with van der Waals surface area (Å²) in [5.41, 5.74) is 1.92. The van der Waals surface area contributed by atoms with E-state index < -0.39 is 0 Å². The maximum absolute atomic E-state index is 12.7. The van der Waals surface area contributed by atoms with E-state index in [-0.39, 0.29) is 11.0 Å². The number of pyridine rings is 1. The van der Waals surface area contributed by atoms with E-state index in [2.05, 4.69) is 10.3 Å². The van der Waals surface area contributed by atoms with Crippen molar-refractivity contribution < 1.29 is 4.74 Å². The molecule has 6 heteroatoms. The zero-order chi connectivity index (χ0) is 17.8. The second-order valence-corrected chi connectivity index (χ2v) is 5.28. The summed E-state index contributed by atoms with van der Waals surface area (Å²) in [5.74, 6) is 0.656. The van der Waals surface area contributed by atoms with E-state index in [0.717, 1.165) is 0 Å². The van der Waals surface area contributed by atoms with Crippen LogP contribution in [0, 0.1) is 22.7 Å². The van der Waals surface area contributed by atoms with Crippen molar-refractivity contribution in [3.05, 3.63) is 58.4 Å². The third-order valence-corrected chi connectivity index (χ3v) is 3.70. The normalized spacial score (nSPS) is 10.0. The van der Waals surface area contributed by atoms with Gasteiger partial charge in [0.2, 0.25) is 0 Å². The maximum Gasteiger partial charge on any atom is 0.197 e. The van der Waals surface area contributed by atoms with Gasteiger partial charge in [0.1, 0.15) is 23.5 Å². The molecule has 0 saturated heterocycles. The minimum atomic E-state index is -0.0814. The molecule has 122 valence electrons. The van der Waals surface area contributed by atoms with Crippen molar-refractivity contribution in [1.29, 1.82) is 10.5 Å². The Kier molecular flexibility index (Phi) is 4.36. The largest absolute Gasteiger partial charge is 0.494 e. The molecular formula is C19H14N4O2. The highest BCUT2D eigenvalue weighted by atomic mass is 16.5. The number of nitriles is 2. The van der Waals surface area contributed by atoms with Crippen LogP contribution in [0.4, 0.5) is 5.69 Å². The number of anilines is 1. The number of H-pyrrole nitrogens is 1. The minimum absolute atomic E-state index is 0.0319. The fourth-order valence-corrected chi connectivity index (χ4v) is 2.55. The SMILES string of the molecule is CCOc1ccc2[nH]c3cc(NC=C(C#N)C#N)ccc3c(=O)c2c1. The Balaban J connectivity index is 2.09. The van der Waals surface area contributed by atoms with Crippen LogP contribution >= 0.6 is 0 Å². The monoisotopic (exact) mass is 330 g/mol. The van der Waals surface area contributed by atoms with Gasteiger partial charge in [-0.15, -0.1) is 0 Å². The Morgan fingerprint density at radius 1 is 1.16 bits per heavy atom. The predicted octanol–water partition coefficient (Wildman–Crippen LogP) is 3.42. The van der Waals surface area contributed by atoms with Gasteiger partial charge in [0.15, 0.2) is 5.43 Å². The number of aromatic nitrogens is 1. The van der Waals surface area contributed by atoms with Gasteiger partial charge in [0.25, 0.3) is 0 Å². The first-order chi connectivity index (χ1) is 12.2. The van der Waals surface area contributed by atoms with Crippen molar-refractivity contribution >= 4 is 27.5 Å². The molecule has 3 rings (SSSR count). The van der Waals surface area contributed by atoms with Crippen LogP contribution in [0.15, 0.2) is 53.0 Å². The lowest BCUT2D eigenvalue weighted by molar-refractivity contribution is 0.340. The Bertz CT molecular complexity index is 1110. The highest BCUT2D eigenvalue weighted by molar-refractivity contribution is 5.94. The van der Waals surface area contributed by atoms with Crippen molar-refractivity contribution in [1.82, 2.24) is 4.98 Å². The first kappa shape index (κ1) is 16.1. The van der Waals surface area contributed by atoms with Crippen molar-refractivity contribution in [2.24, 2.45) is 0 Å². The van der Waals surface area contributed by atoms with E-state index >= 15 is 0 Å². The van der Waals surface area contributed by atoms with Gasteiger partial charge < -0.3 is 15.0 Å². The van der Waals surface area contributed by atoms with E-state index in [1.165, 1.54) is 6.20 Å². The minimum Gasteiger partial charge on any atom is -0.494 e. The molecule has 0 atom stereocenters. The molecule has 6 nitrogen and oxygen atoms in total. The first-order valence-corrected chi connectivity index (χ1v) is 7.65. The molecule has 0 spiro atoms. The van der Waals surface area contributed by atoms with Crippen molar-refractivity contribution in [2.45, 2.75) is 6.92 Å². The van der Waals surface area contributed by atoms with Crippen molar-refractivity contribution in [2.75, 3.05) is 11.9 Å². The van der Waals surface area contributed by atoms with Gasteiger partial charge in [0.05, 0.1) is 17.6 Å². The molecule has 0 bridgehead atoms. The van der Waals surface area contributed by atoms with Gasteiger partial charge in [-0.05, 0) is 43.3 Å². The highest BCUT2D eigenvalue weighted by Gasteiger charge is 2.07. The number of benzene rings is 2. The van der Waals surface area contributed by atoms with E-state index in [1.807, 2.05) is 19.1 Å². The lowest BCUT2D eigenvalue weighted by Crippen LogP contribution is -2.05. The van der Waals surface area contributed by atoms with Crippen LogP contribution in [0.1, 0.15) is 6.92 Å². The average Bonchev–Trinajstić information content (AvgIpc) is 2.63. The molecule has 0 amide bonds. The number of allylic oxidation sites excluding steroid dienone is 1. The zero-order valence-electron chi connectivity index (χ0n) is 13.5. The molecule has 0 unspecified atom stereocenters. The lowest BCUT2D eigenvalue weighted by atomic mass is 10.1. The number of hydrogen-bond donors (Lipinski definition) is 2. The van der Waals surface area contributed by atoms with Gasteiger partial charge in [-0.2, -0.15) is 10.5 Å². The molecular weight excluding hydrogens is 316 g/mol. The summed E-state index contributed by atoms with van der Waals surface area (Å²) in [6.07, 6.45) is 1.33. The quantitative estimate of drug-likeness (QED) is 0.564. The smallest absolute Gasteiger partial charge is 0.197 e. The van der Waals surface area contributed by atoms with Crippen LogP contribution < -0.4 is 15.5 Å². The molecule has 0 aliphatic carbocycles. The number of rotatable bonds is 4. The number of aromatic amines is 1. The van der Waals surface area contributed by atoms with Crippen LogP contribution in [0.5, 0.6) is 5.75 Å². The highest BCUT2D eigenvalue weighted by Crippen LogP contribution is 2.22. The molecule has 2 N–H and O–H groups in total. The molecule has 1 heterocycles. The standard InChI is InChI=1S/C19H14N4O2/c1-2-25-14-4-6-17-16(8-14)19(24)15-5-3-13(7-18(15)23-17)22-11-12(9-20)10-21/h3-8,11,22H,2H2,1H3,(H,23,24). The second-order valence-electron chi connectivity index (χ2n) is 5.28. The molecule has 0 radical (unpaired) electrons. The van der Waals surface area contributed by atoms with E-state index in [4.69, 9.17) is 15.3 Å². The molecule has 25 heavy (non-hydrogen) atoms. The van der Waals surface area contributed by atoms with Gasteiger partial charge in [0, 0.05) is 22.7 Å². The number of nitrogens with zero attached hydrogens (tertiary/aromatic N) is 2. The summed E-state index contributed by atoms with van der Waals surface area (Å²) in [7, 11) is 0. The average molecular weight is 330 g/mol. The third-order valence-electron chi connectivity index (χ3n) is 3.70. The summed E-state index contributed by atoms with van der Waals surface area (Å²) < 4.78 is 5.45. The Hall–Kier alpha value is -3.77. The third kappa shape index (κ3) is 3.15. The molecule has 3 aromatic rings. The summed E-state index contributed by atoms with van der Waals surface area (Å²) in [4.78, 5) is 15.9. The Morgan fingerprint density at radius 3 is 2.68 bits per heavy atom.